The third kappa shape index (κ3) is 4.51. The van der Waals surface area contributed by atoms with Crippen LogP contribution >= 0.6 is 11.7 Å². The summed E-state index contributed by atoms with van der Waals surface area (Å²) in [6.07, 6.45) is 0. The highest BCUT2D eigenvalue weighted by Crippen LogP contribution is 2.22. The molecule has 1 amide bonds. The first kappa shape index (κ1) is 20.3. The number of nitrogens with one attached hydrogen (secondary N) is 2. The van der Waals surface area contributed by atoms with Gasteiger partial charge in [0.1, 0.15) is 27.8 Å². The molecule has 0 saturated carbocycles. The first-order valence-corrected chi connectivity index (χ1v) is 10.7. The Balaban J connectivity index is 1.77. The predicted molar refractivity (Wildman–Crippen MR) is 105 cm³/mol. The summed E-state index contributed by atoms with van der Waals surface area (Å²) in [7, 11) is -3.99. The summed E-state index contributed by atoms with van der Waals surface area (Å²) in [5, 5.41) is 2.69. The first-order valence-electron chi connectivity index (χ1n) is 8.53. The standard InChI is InChI=1S/C18H19FN4O3S2/c1-11(2)16(18(24)20-10-12-6-8-13(19)9-7-12)23-28(25,26)15-5-3-4-14-17(15)22-27-21-14/h3-9,11,16,23H,10H2,1-2H3,(H,20,24). The summed E-state index contributed by atoms with van der Waals surface area (Å²) in [6.45, 7) is 3.65. The molecule has 1 atom stereocenters. The van der Waals surface area contributed by atoms with Crippen LogP contribution in [0.25, 0.3) is 11.0 Å². The fourth-order valence-corrected chi connectivity index (χ4v) is 4.73. The minimum Gasteiger partial charge on any atom is -0.351 e. The molecule has 0 saturated heterocycles. The van der Waals surface area contributed by atoms with Crippen LogP contribution in [0.5, 0.6) is 0 Å². The number of fused-ring (bicyclic) bond motifs is 1. The van der Waals surface area contributed by atoms with E-state index in [0.29, 0.717) is 11.1 Å². The lowest BCUT2D eigenvalue weighted by Crippen LogP contribution is -2.49. The van der Waals surface area contributed by atoms with Crippen LogP contribution in [0.3, 0.4) is 0 Å². The number of hydrogen-bond acceptors (Lipinski definition) is 6. The van der Waals surface area contributed by atoms with E-state index in [9.17, 15) is 17.6 Å². The zero-order chi connectivity index (χ0) is 20.3. The van der Waals surface area contributed by atoms with Crippen molar-refractivity contribution < 1.29 is 17.6 Å². The molecule has 3 aromatic rings. The smallest absolute Gasteiger partial charge is 0.243 e. The molecule has 0 fully saturated rings. The van der Waals surface area contributed by atoms with Gasteiger partial charge in [-0.2, -0.15) is 13.5 Å². The minimum atomic E-state index is -3.99. The van der Waals surface area contributed by atoms with Gasteiger partial charge in [0.05, 0.1) is 11.7 Å². The van der Waals surface area contributed by atoms with Crippen molar-refractivity contribution in [1.29, 1.82) is 0 Å². The van der Waals surface area contributed by atoms with Gasteiger partial charge in [-0.25, -0.2) is 12.8 Å². The fourth-order valence-electron chi connectivity index (χ4n) is 2.62. The summed E-state index contributed by atoms with van der Waals surface area (Å²) in [5.41, 5.74) is 1.46. The number of nitrogens with zero attached hydrogens (tertiary/aromatic N) is 2. The number of carbonyl (C=O) groups is 1. The predicted octanol–water partition coefficient (Wildman–Crippen LogP) is 2.45. The number of sulfonamides is 1. The lowest BCUT2D eigenvalue weighted by molar-refractivity contribution is -0.123. The Labute approximate surface area is 166 Å². The number of hydrogen-bond donors (Lipinski definition) is 2. The summed E-state index contributed by atoms with van der Waals surface area (Å²) in [6, 6.07) is 9.41. The van der Waals surface area contributed by atoms with Crippen molar-refractivity contribution in [2.75, 3.05) is 0 Å². The minimum absolute atomic E-state index is 0.0178. The van der Waals surface area contributed by atoms with E-state index in [1.807, 2.05) is 0 Å². The van der Waals surface area contributed by atoms with Crippen LogP contribution in [0.1, 0.15) is 19.4 Å². The Morgan fingerprint density at radius 3 is 2.54 bits per heavy atom. The molecule has 0 aliphatic rings. The van der Waals surface area contributed by atoms with Crippen LogP contribution in [0.15, 0.2) is 47.4 Å². The zero-order valence-electron chi connectivity index (χ0n) is 15.2. The molecule has 0 aliphatic carbocycles. The highest BCUT2D eigenvalue weighted by Gasteiger charge is 2.29. The Hall–Kier alpha value is -2.43. The van der Waals surface area contributed by atoms with Crippen LogP contribution in [-0.4, -0.2) is 29.1 Å². The van der Waals surface area contributed by atoms with E-state index in [1.54, 1.807) is 38.1 Å². The van der Waals surface area contributed by atoms with Crippen LogP contribution in [-0.2, 0) is 21.4 Å². The quantitative estimate of drug-likeness (QED) is 0.609. The van der Waals surface area contributed by atoms with E-state index in [2.05, 4.69) is 18.8 Å². The van der Waals surface area contributed by atoms with Crippen molar-refractivity contribution in [2.45, 2.75) is 31.3 Å². The van der Waals surface area contributed by atoms with E-state index < -0.39 is 22.0 Å². The Kier molecular flexibility index (Phi) is 6.01. The maximum absolute atomic E-state index is 13.0. The van der Waals surface area contributed by atoms with E-state index in [1.165, 1.54) is 18.2 Å². The molecule has 3 rings (SSSR count). The highest BCUT2D eigenvalue weighted by atomic mass is 32.2. The van der Waals surface area contributed by atoms with Crippen molar-refractivity contribution >= 4 is 38.7 Å². The highest BCUT2D eigenvalue weighted by molar-refractivity contribution is 7.89. The first-order chi connectivity index (χ1) is 13.3. The molecule has 1 unspecified atom stereocenters. The monoisotopic (exact) mass is 422 g/mol. The summed E-state index contributed by atoms with van der Waals surface area (Å²) in [4.78, 5) is 12.6. The van der Waals surface area contributed by atoms with E-state index in [-0.39, 0.29) is 28.7 Å². The molecule has 2 N–H and O–H groups in total. The fraction of sp³-hybridized carbons (Fsp3) is 0.278. The number of carbonyl (C=O) groups excluding carboxylic acids is 1. The molecule has 28 heavy (non-hydrogen) atoms. The molecule has 2 aromatic carbocycles. The molecule has 0 spiro atoms. The molecule has 0 aliphatic heterocycles. The van der Waals surface area contributed by atoms with Crippen LogP contribution in [0, 0.1) is 11.7 Å². The number of benzene rings is 2. The molecule has 10 heteroatoms. The molecule has 7 nitrogen and oxygen atoms in total. The third-order valence-electron chi connectivity index (χ3n) is 4.15. The topological polar surface area (TPSA) is 101 Å². The van der Waals surface area contributed by atoms with Crippen molar-refractivity contribution in [3.05, 3.63) is 53.8 Å². The number of amides is 1. The zero-order valence-corrected chi connectivity index (χ0v) is 16.8. The largest absolute Gasteiger partial charge is 0.351 e. The molecule has 0 bridgehead atoms. The lowest BCUT2D eigenvalue weighted by Gasteiger charge is -2.21. The van der Waals surface area contributed by atoms with Gasteiger partial charge in [-0.3, -0.25) is 4.79 Å². The summed E-state index contributed by atoms with van der Waals surface area (Å²) < 4.78 is 49.3. The number of aromatic nitrogens is 2. The summed E-state index contributed by atoms with van der Waals surface area (Å²) >= 11 is 0.923. The average Bonchev–Trinajstić information content (AvgIpc) is 3.14. The van der Waals surface area contributed by atoms with Crippen molar-refractivity contribution in [1.82, 2.24) is 18.8 Å². The Morgan fingerprint density at radius 2 is 1.86 bits per heavy atom. The van der Waals surface area contributed by atoms with Gasteiger partial charge in [-0.05, 0) is 35.7 Å². The average molecular weight is 423 g/mol. The SMILES string of the molecule is CC(C)C(NS(=O)(=O)c1cccc2nsnc12)C(=O)NCc1ccc(F)cc1. The van der Waals surface area contributed by atoms with Gasteiger partial charge < -0.3 is 5.32 Å². The van der Waals surface area contributed by atoms with Gasteiger partial charge in [0.2, 0.25) is 15.9 Å². The molecular weight excluding hydrogens is 403 g/mol. The Bertz CT molecular complexity index is 1080. The second-order valence-corrected chi connectivity index (χ2v) is 8.79. The molecule has 0 radical (unpaired) electrons. The van der Waals surface area contributed by atoms with Gasteiger partial charge in [-0.15, -0.1) is 0 Å². The Morgan fingerprint density at radius 1 is 1.14 bits per heavy atom. The molecular formula is C18H19FN4O3S2. The number of rotatable bonds is 7. The van der Waals surface area contributed by atoms with E-state index in [0.717, 1.165) is 11.7 Å². The normalized spacial score (nSPS) is 13.0. The van der Waals surface area contributed by atoms with Gasteiger partial charge in [0, 0.05) is 6.54 Å². The van der Waals surface area contributed by atoms with Gasteiger partial charge in [0.25, 0.3) is 0 Å². The van der Waals surface area contributed by atoms with Crippen molar-refractivity contribution in [3.8, 4) is 0 Å². The summed E-state index contributed by atoms with van der Waals surface area (Å²) in [5.74, 6) is -1.13. The maximum Gasteiger partial charge on any atom is 0.243 e. The van der Waals surface area contributed by atoms with Gasteiger partial charge in [-0.1, -0.05) is 32.0 Å². The van der Waals surface area contributed by atoms with E-state index >= 15 is 0 Å². The molecule has 148 valence electrons. The third-order valence-corrected chi connectivity index (χ3v) is 6.17. The molecule has 1 heterocycles. The van der Waals surface area contributed by atoms with Crippen LogP contribution in [0.4, 0.5) is 4.39 Å². The lowest BCUT2D eigenvalue weighted by atomic mass is 10.0. The van der Waals surface area contributed by atoms with Gasteiger partial charge in [0.15, 0.2) is 0 Å². The van der Waals surface area contributed by atoms with Gasteiger partial charge >= 0.3 is 0 Å². The second kappa shape index (κ2) is 8.29. The maximum atomic E-state index is 13.0. The van der Waals surface area contributed by atoms with Crippen molar-refractivity contribution in [3.63, 3.8) is 0 Å². The number of halogens is 1. The van der Waals surface area contributed by atoms with E-state index in [4.69, 9.17) is 0 Å². The second-order valence-electron chi connectivity index (χ2n) is 6.58. The van der Waals surface area contributed by atoms with Crippen LogP contribution in [0.2, 0.25) is 0 Å². The van der Waals surface area contributed by atoms with Crippen molar-refractivity contribution in [2.24, 2.45) is 5.92 Å². The van der Waals surface area contributed by atoms with Crippen LogP contribution < -0.4 is 10.0 Å². The molecule has 1 aromatic heterocycles.